The van der Waals surface area contributed by atoms with Gasteiger partial charge in [-0.3, -0.25) is 4.79 Å². The fourth-order valence-corrected chi connectivity index (χ4v) is 4.98. The van der Waals surface area contributed by atoms with Gasteiger partial charge in [-0.1, -0.05) is 17.7 Å². The van der Waals surface area contributed by atoms with E-state index in [2.05, 4.69) is 0 Å². The molecule has 2 aromatic carbocycles. The van der Waals surface area contributed by atoms with Crippen molar-refractivity contribution < 1.29 is 26.7 Å². The van der Waals surface area contributed by atoms with Crippen molar-refractivity contribution in [2.45, 2.75) is 19.6 Å². The number of halogens is 6. The fourth-order valence-electron chi connectivity index (χ4n) is 3.72. The van der Waals surface area contributed by atoms with Gasteiger partial charge in [-0.25, -0.2) is 8.78 Å². The Labute approximate surface area is 216 Å². The van der Waals surface area contributed by atoms with E-state index in [0.29, 0.717) is 40.0 Å². The standard InChI is InChI=1S/C26H16ClF5N2O2S/c1-2-36-22-6-4-14(9-19(22)27)23-7-8-24(37-23)21-11-18(26(30,31)32)17(12-33)25(35)34(21)13-15-3-5-16(28)10-20(15)29/h3-11H,2,13H2,1H3. The third-order valence-corrected chi connectivity index (χ3v) is 6.89. The molecule has 0 bridgehead atoms. The molecule has 37 heavy (non-hydrogen) atoms. The first-order chi connectivity index (χ1) is 17.5. The zero-order valence-electron chi connectivity index (χ0n) is 19.0. The fraction of sp³-hybridized carbons (Fsp3) is 0.154. The van der Waals surface area contributed by atoms with Crippen LogP contribution in [0.5, 0.6) is 5.75 Å². The lowest BCUT2D eigenvalue weighted by Gasteiger charge is -2.17. The van der Waals surface area contributed by atoms with Gasteiger partial charge < -0.3 is 9.30 Å². The average molecular weight is 551 g/mol. The van der Waals surface area contributed by atoms with Crippen molar-refractivity contribution in [2.24, 2.45) is 0 Å². The van der Waals surface area contributed by atoms with Crippen LogP contribution in [0.4, 0.5) is 22.0 Å². The van der Waals surface area contributed by atoms with Crippen molar-refractivity contribution in [1.82, 2.24) is 4.57 Å². The maximum absolute atomic E-state index is 14.4. The Hall–Kier alpha value is -3.68. The summed E-state index contributed by atoms with van der Waals surface area (Å²) < 4.78 is 75.4. The number of ether oxygens (including phenoxy) is 1. The van der Waals surface area contributed by atoms with Gasteiger partial charge in [0, 0.05) is 16.5 Å². The molecule has 4 rings (SSSR count). The van der Waals surface area contributed by atoms with Crippen LogP contribution >= 0.6 is 22.9 Å². The smallest absolute Gasteiger partial charge is 0.417 e. The van der Waals surface area contributed by atoms with Crippen LogP contribution in [-0.2, 0) is 12.7 Å². The van der Waals surface area contributed by atoms with Gasteiger partial charge in [-0.05, 0) is 55.0 Å². The Bertz CT molecular complexity index is 1590. The molecular weight excluding hydrogens is 535 g/mol. The van der Waals surface area contributed by atoms with Crippen molar-refractivity contribution in [1.29, 1.82) is 5.26 Å². The molecule has 2 aromatic heterocycles. The van der Waals surface area contributed by atoms with E-state index in [1.165, 1.54) is 12.1 Å². The van der Waals surface area contributed by atoms with Crippen LogP contribution in [0.25, 0.3) is 21.0 Å². The van der Waals surface area contributed by atoms with Crippen molar-refractivity contribution in [3.05, 3.63) is 98.3 Å². The molecule has 0 N–H and O–H groups in total. The first-order valence-electron chi connectivity index (χ1n) is 10.8. The first kappa shape index (κ1) is 26.4. The zero-order valence-corrected chi connectivity index (χ0v) is 20.6. The number of rotatable bonds is 6. The van der Waals surface area contributed by atoms with Crippen LogP contribution in [0, 0.1) is 23.0 Å². The number of hydrogen-bond donors (Lipinski definition) is 0. The number of benzene rings is 2. The summed E-state index contributed by atoms with van der Waals surface area (Å²) in [5.41, 5.74) is -3.40. The van der Waals surface area contributed by atoms with Crippen LogP contribution in [0.3, 0.4) is 0 Å². The highest BCUT2D eigenvalue weighted by Gasteiger charge is 2.36. The van der Waals surface area contributed by atoms with Gasteiger partial charge in [0.25, 0.3) is 5.56 Å². The maximum atomic E-state index is 14.4. The molecule has 0 saturated heterocycles. The summed E-state index contributed by atoms with van der Waals surface area (Å²) in [5, 5.41) is 9.68. The minimum atomic E-state index is -4.98. The van der Waals surface area contributed by atoms with E-state index in [9.17, 15) is 32.0 Å². The molecule has 0 atom stereocenters. The van der Waals surface area contributed by atoms with Crippen LogP contribution in [-0.4, -0.2) is 11.2 Å². The molecule has 0 unspecified atom stereocenters. The predicted octanol–water partition coefficient (Wildman–Crippen LogP) is 7.51. The largest absolute Gasteiger partial charge is 0.492 e. The summed E-state index contributed by atoms with van der Waals surface area (Å²) in [7, 11) is 0. The van der Waals surface area contributed by atoms with Crippen molar-refractivity contribution >= 4 is 22.9 Å². The number of nitriles is 1. The Morgan fingerprint density at radius 2 is 1.78 bits per heavy atom. The highest BCUT2D eigenvalue weighted by Crippen LogP contribution is 2.39. The normalized spacial score (nSPS) is 11.4. The summed E-state index contributed by atoms with van der Waals surface area (Å²) in [6, 6.07) is 12.9. The summed E-state index contributed by atoms with van der Waals surface area (Å²) in [6.07, 6.45) is -4.98. The lowest BCUT2D eigenvalue weighted by atomic mass is 10.1. The predicted molar refractivity (Wildman–Crippen MR) is 131 cm³/mol. The van der Waals surface area contributed by atoms with Gasteiger partial charge >= 0.3 is 6.18 Å². The zero-order chi connectivity index (χ0) is 26.9. The molecular formula is C26H16ClF5N2O2S. The molecule has 0 saturated carbocycles. The van der Waals surface area contributed by atoms with E-state index in [4.69, 9.17) is 16.3 Å². The minimum absolute atomic E-state index is 0.136. The molecule has 2 heterocycles. The SMILES string of the molecule is CCOc1ccc(-c2ccc(-c3cc(C(F)(F)F)c(C#N)c(=O)n3Cc3ccc(F)cc3F)s2)cc1Cl. The average Bonchev–Trinajstić information content (AvgIpc) is 3.32. The second-order valence-corrected chi connectivity index (χ2v) is 9.29. The topological polar surface area (TPSA) is 55.0 Å². The molecule has 0 spiro atoms. The first-order valence-corrected chi connectivity index (χ1v) is 11.9. The van der Waals surface area contributed by atoms with Crippen molar-refractivity contribution in [3.8, 4) is 32.8 Å². The number of nitrogens with zero attached hydrogens (tertiary/aromatic N) is 2. The number of hydrogen-bond acceptors (Lipinski definition) is 4. The van der Waals surface area contributed by atoms with E-state index in [-0.39, 0.29) is 16.1 Å². The molecule has 4 aromatic rings. The van der Waals surface area contributed by atoms with Crippen molar-refractivity contribution in [3.63, 3.8) is 0 Å². The third-order valence-electron chi connectivity index (χ3n) is 5.44. The lowest BCUT2D eigenvalue weighted by molar-refractivity contribution is -0.137. The summed E-state index contributed by atoms with van der Waals surface area (Å²) >= 11 is 7.34. The van der Waals surface area contributed by atoms with Crippen LogP contribution in [0.2, 0.25) is 5.02 Å². The Balaban J connectivity index is 1.89. The molecule has 11 heteroatoms. The van der Waals surface area contributed by atoms with Crippen LogP contribution in [0.15, 0.2) is 59.4 Å². The Kier molecular flexibility index (Phi) is 7.39. The number of thiophene rings is 1. The van der Waals surface area contributed by atoms with Gasteiger partial charge in [0.15, 0.2) is 0 Å². The minimum Gasteiger partial charge on any atom is -0.492 e. The van der Waals surface area contributed by atoms with Gasteiger partial charge in [0.1, 0.15) is 29.0 Å². The van der Waals surface area contributed by atoms with Gasteiger partial charge in [0.2, 0.25) is 0 Å². The quantitative estimate of drug-likeness (QED) is 0.233. The third kappa shape index (κ3) is 5.38. The summed E-state index contributed by atoms with van der Waals surface area (Å²) in [6.45, 7) is 1.70. The lowest BCUT2D eigenvalue weighted by Crippen LogP contribution is -2.28. The number of aromatic nitrogens is 1. The van der Waals surface area contributed by atoms with E-state index in [0.717, 1.165) is 28.0 Å². The molecule has 0 radical (unpaired) electrons. The van der Waals surface area contributed by atoms with Gasteiger partial charge in [0.05, 0.1) is 34.3 Å². The number of pyridine rings is 1. The molecule has 0 amide bonds. The monoisotopic (exact) mass is 550 g/mol. The Morgan fingerprint density at radius 3 is 2.41 bits per heavy atom. The number of alkyl halides is 3. The molecule has 0 aliphatic carbocycles. The maximum Gasteiger partial charge on any atom is 0.417 e. The molecule has 4 nitrogen and oxygen atoms in total. The second kappa shape index (κ2) is 10.4. The summed E-state index contributed by atoms with van der Waals surface area (Å²) in [5.74, 6) is -1.36. The highest BCUT2D eigenvalue weighted by molar-refractivity contribution is 7.18. The van der Waals surface area contributed by atoms with E-state index < -0.39 is 41.0 Å². The van der Waals surface area contributed by atoms with E-state index in [1.807, 2.05) is 0 Å². The van der Waals surface area contributed by atoms with E-state index in [1.54, 1.807) is 31.2 Å². The highest BCUT2D eigenvalue weighted by atomic mass is 35.5. The molecule has 0 aliphatic rings. The summed E-state index contributed by atoms with van der Waals surface area (Å²) in [4.78, 5) is 14.0. The molecule has 190 valence electrons. The molecule has 0 fully saturated rings. The van der Waals surface area contributed by atoms with Crippen LogP contribution < -0.4 is 10.3 Å². The van der Waals surface area contributed by atoms with Gasteiger partial charge in [-0.2, -0.15) is 18.4 Å². The van der Waals surface area contributed by atoms with E-state index >= 15 is 0 Å². The van der Waals surface area contributed by atoms with Gasteiger partial charge in [-0.15, -0.1) is 11.3 Å². The van der Waals surface area contributed by atoms with Crippen LogP contribution in [0.1, 0.15) is 23.6 Å². The Morgan fingerprint density at radius 1 is 1.05 bits per heavy atom. The second-order valence-electron chi connectivity index (χ2n) is 7.80. The molecule has 0 aliphatic heterocycles. The van der Waals surface area contributed by atoms with Crippen molar-refractivity contribution in [2.75, 3.05) is 6.61 Å².